The molecule has 1 amide bonds. The van der Waals surface area contributed by atoms with Crippen molar-refractivity contribution in [2.75, 3.05) is 20.2 Å². The highest BCUT2D eigenvalue weighted by molar-refractivity contribution is 6.30. The van der Waals surface area contributed by atoms with E-state index in [2.05, 4.69) is 0 Å². The van der Waals surface area contributed by atoms with E-state index >= 15 is 0 Å². The third-order valence-corrected chi connectivity index (χ3v) is 3.85. The first-order valence-electron chi connectivity index (χ1n) is 6.29. The second-order valence-corrected chi connectivity index (χ2v) is 5.41. The largest absolute Gasteiger partial charge is 0.496 e. The molecule has 0 aliphatic carbocycles. The fraction of sp³-hybridized carbons (Fsp3) is 0.429. The lowest BCUT2D eigenvalue weighted by Gasteiger charge is -2.17. The van der Waals surface area contributed by atoms with Crippen LogP contribution in [0.25, 0.3) is 0 Å². The topological polar surface area (TPSA) is 66.8 Å². The van der Waals surface area contributed by atoms with Gasteiger partial charge < -0.3 is 14.7 Å². The third-order valence-electron chi connectivity index (χ3n) is 3.61. The second kappa shape index (κ2) is 5.71. The Balaban J connectivity index is 2.23. The Kier molecular flexibility index (Phi) is 4.18. The number of ether oxygens (including phenoxy) is 1. The number of carbonyl (C=O) groups excluding carboxylic acids is 1. The van der Waals surface area contributed by atoms with Crippen molar-refractivity contribution in [2.24, 2.45) is 11.8 Å². The number of carboxylic acid groups (broad SMARTS) is 1. The average molecular weight is 298 g/mol. The highest BCUT2D eigenvalue weighted by atomic mass is 35.5. The van der Waals surface area contributed by atoms with Crippen LogP contribution >= 0.6 is 11.6 Å². The van der Waals surface area contributed by atoms with Crippen LogP contribution < -0.4 is 4.74 Å². The van der Waals surface area contributed by atoms with Crippen molar-refractivity contribution in [1.82, 2.24) is 4.90 Å². The number of methoxy groups -OCH3 is 1. The molecular weight excluding hydrogens is 282 g/mol. The molecule has 1 saturated heterocycles. The summed E-state index contributed by atoms with van der Waals surface area (Å²) in [6.07, 6.45) is 0. The van der Waals surface area contributed by atoms with E-state index < -0.39 is 11.9 Å². The van der Waals surface area contributed by atoms with Gasteiger partial charge in [-0.1, -0.05) is 18.5 Å². The van der Waals surface area contributed by atoms with E-state index in [4.69, 9.17) is 21.4 Å². The number of rotatable bonds is 3. The van der Waals surface area contributed by atoms with Crippen LogP contribution in [0.3, 0.4) is 0 Å². The number of hydrogen-bond donors (Lipinski definition) is 1. The number of nitrogens with zero attached hydrogens (tertiary/aromatic N) is 1. The van der Waals surface area contributed by atoms with Crippen LogP contribution in [0.5, 0.6) is 5.75 Å². The van der Waals surface area contributed by atoms with Crippen molar-refractivity contribution in [3.8, 4) is 5.75 Å². The van der Waals surface area contributed by atoms with E-state index in [9.17, 15) is 9.59 Å². The van der Waals surface area contributed by atoms with Crippen molar-refractivity contribution in [3.05, 3.63) is 28.8 Å². The van der Waals surface area contributed by atoms with Crippen LogP contribution in [0.2, 0.25) is 5.02 Å². The van der Waals surface area contributed by atoms with Crippen LogP contribution in [0, 0.1) is 11.8 Å². The van der Waals surface area contributed by atoms with Gasteiger partial charge in [0.1, 0.15) is 5.75 Å². The molecule has 20 heavy (non-hydrogen) atoms. The first kappa shape index (κ1) is 14.7. The summed E-state index contributed by atoms with van der Waals surface area (Å²) in [7, 11) is 1.47. The van der Waals surface area contributed by atoms with E-state index in [1.54, 1.807) is 23.1 Å². The number of hydrogen-bond acceptors (Lipinski definition) is 3. The quantitative estimate of drug-likeness (QED) is 0.928. The van der Waals surface area contributed by atoms with Crippen LogP contribution in [-0.2, 0) is 4.79 Å². The molecule has 1 aliphatic rings. The Morgan fingerprint density at radius 2 is 2.10 bits per heavy atom. The normalized spacial score (nSPS) is 21.9. The van der Waals surface area contributed by atoms with E-state index in [0.717, 1.165) is 0 Å². The van der Waals surface area contributed by atoms with Crippen LogP contribution in [0.4, 0.5) is 0 Å². The molecule has 0 saturated carbocycles. The molecule has 1 heterocycles. The van der Waals surface area contributed by atoms with Gasteiger partial charge in [-0.25, -0.2) is 0 Å². The number of carboxylic acids is 1. The Bertz CT molecular complexity index is 546. The zero-order valence-electron chi connectivity index (χ0n) is 11.3. The summed E-state index contributed by atoms with van der Waals surface area (Å²) in [5.41, 5.74) is 0.398. The van der Waals surface area contributed by atoms with Crippen LogP contribution in [-0.4, -0.2) is 42.1 Å². The van der Waals surface area contributed by atoms with Gasteiger partial charge in [-0.15, -0.1) is 0 Å². The Morgan fingerprint density at radius 1 is 1.40 bits per heavy atom. The van der Waals surface area contributed by atoms with E-state index in [1.807, 2.05) is 6.92 Å². The number of halogens is 1. The van der Waals surface area contributed by atoms with Gasteiger partial charge >= 0.3 is 5.97 Å². The summed E-state index contributed by atoms with van der Waals surface area (Å²) in [6, 6.07) is 4.79. The molecule has 1 N–H and O–H groups in total. The lowest BCUT2D eigenvalue weighted by molar-refractivity contribution is -0.142. The number of amides is 1. The third kappa shape index (κ3) is 2.72. The van der Waals surface area contributed by atoms with Crippen molar-refractivity contribution in [2.45, 2.75) is 6.92 Å². The summed E-state index contributed by atoms with van der Waals surface area (Å²) in [4.78, 5) is 25.1. The summed E-state index contributed by atoms with van der Waals surface area (Å²) in [5, 5.41) is 9.59. The fourth-order valence-electron chi connectivity index (χ4n) is 2.47. The monoisotopic (exact) mass is 297 g/mol. The molecule has 1 aromatic carbocycles. The summed E-state index contributed by atoms with van der Waals surface area (Å²) < 4.78 is 5.16. The van der Waals surface area contributed by atoms with Gasteiger partial charge in [-0.05, 0) is 24.1 Å². The zero-order valence-corrected chi connectivity index (χ0v) is 12.1. The summed E-state index contributed by atoms with van der Waals surface area (Å²) in [6.45, 7) is 2.49. The number of carbonyl (C=O) groups is 2. The lowest BCUT2D eigenvalue weighted by atomic mass is 9.99. The predicted octanol–water partition coefficient (Wildman–Crippen LogP) is 2.14. The molecule has 0 bridgehead atoms. The second-order valence-electron chi connectivity index (χ2n) is 4.98. The minimum atomic E-state index is -0.865. The average Bonchev–Trinajstić information content (AvgIpc) is 2.80. The van der Waals surface area contributed by atoms with Gasteiger partial charge in [-0.2, -0.15) is 0 Å². The van der Waals surface area contributed by atoms with Gasteiger partial charge in [0.2, 0.25) is 0 Å². The molecule has 5 nitrogen and oxygen atoms in total. The molecule has 2 unspecified atom stereocenters. The molecule has 108 valence electrons. The molecule has 0 spiro atoms. The molecular formula is C14H16ClNO4. The molecule has 6 heteroatoms. The van der Waals surface area contributed by atoms with Gasteiger partial charge in [0, 0.05) is 18.1 Å². The molecule has 2 atom stereocenters. The first-order valence-corrected chi connectivity index (χ1v) is 6.67. The van der Waals surface area contributed by atoms with Crippen molar-refractivity contribution in [3.63, 3.8) is 0 Å². The van der Waals surface area contributed by atoms with Gasteiger partial charge in [0.15, 0.2) is 0 Å². The molecule has 1 aromatic rings. The first-order chi connectivity index (χ1) is 9.43. The molecule has 2 rings (SSSR count). The summed E-state index contributed by atoms with van der Waals surface area (Å²) in [5.74, 6) is -1.27. The lowest BCUT2D eigenvalue weighted by Crippen LogP contribution is -2.30. The molecule has 0 aromatic heterocycles. The smallest absolute Gasteiger partial charge is 0.308 e. The number of aliphatic carboxylic acids is 1. The Hall–Kier alpha value is -1.75. The highest BCUT2D eigenvalue weighted by Gasteiger charge is 2.37. The van der Waals surface area contributed by atoms with Gasteiger partial charge in [0.25, 0.3) is 5.91 Å². The van der Waals surface area contributed by atoms with Gasteiger partial charge in [-0.3, -0.25) is 9.59 Å². The maximum atomic E-state index is 12.5. The molecule has 1 fully saturated rings. The highest BCUT2D eigenvalue weighted by Crippen LogP contribution is 2.29. The fourth-order valence-corrected chi connectivity index (χ4v) is 2.63. The van der Waals surface area contributed by atoms with Crippen molar-refractivity contribution in [1.29, 1.82) is 0 Å². The van der Waals surface area contributed by atoms with E-state index in [-0.39, 0.29) is 18.4 Å². The van der Waals surface area contributed by atoms with E-state index in [0.29, 0.717) is 22.9 Å². The summed E-state index contributed by atoms with van der Waals surface area (Å²) >= 11 is 5.87. The van der Waals surface area contributed by atoms with Crippen molar-refractivity contribution >= 4 is 23.5 Å². The maximum Gasteiger partial charge on any atom is 0.308 e. The van der Waals surface area contributed by atoms with Gasteiger partial charge in [0.05, 0.1) is 18.6 Å². The van der Waals surface area contributed by atoms with Crippen LogP contribution in [0.15, 0.2) is 18.2 Å². The SMILES string of the molecule is COc1cc(Cl)ccc1C(=O)N1CC(C)C(C(=O)O)C1. The van der Waals surface area contributed by atoms with E-state index in [1.165, 1.54) is 7.11 Å². The van der Waals surface area contributed by atoms with Crippen LogP contribution in [0.1, 0.15) is 17.3 Å². The standard InChI is InChI=1S/C14H16ClNO4/c1-8-6-16(7-11(8)14(18)19)13(17)10-4-3-9(15)5-12(10)20-2/h3-5,8,11H,6-7H2,1-2H3,(H,18,19). The molecule has 0 radical (unpaired) electrons. The predicted molar refractivity (Wildman–Crippen MR) is 74.2 cm³/mol. The number of benzene rings is 1. The number of likely N-dealkylation sites (tertiary alicyclic amines) is 1. The maximum absolute atomic E-state index is 12.5. The zero-order chi connectivity index (χ0) is 14.9. The minimum Gasteiger partial charge on any atom is -0.496 e. The Morgan fingerprint density at radius 3 is 2.65 bits per heavy atom. The minimum absolute atomic E-state index is 0.0604. The molecule has 1 aliphatic heterocycles. The Labute approximate surface area is 122 Å². The van der Waals surface area contributed by atoms with Crippen molar-refractivity contribution < 1.29 is 19.4 Å².